The van der Waals surface area contributed by atoms with E-state index in [4.69, 9.17) is 13.3 Å². The Balaban J connectivity index is 0. The Bertz CT molecular complexity index is 29.9. The zero-order valence-electron chi connectivity index (χ0n) is 2.21. The summed E-state index contributed by atoms with van der Waals surface area (Å²) in [6.07, 6.45) is 0. The fraction of sp³-hybridized carbons (Fsp3) is 0. The second-order valence-corrected chi connectivity index (χ2v) is 0.692. The summed E-state index contributed by atoms with van der Waals surface area (Å²) in [4.78, 5) is 0. The highest BCUT2D eigenvalue weighted by atomic mass is 32.2. The largest absolute Gasteiger partial charge is 0.299 e. The molecule has 0 aromatic heterocycles. The van der Waals surface area contributed by atoms with E-state index in [-0.39, 0.29) is 7.43 Å². The Hall–Kier alpha value is 0.0700. The molecule has 4 radical (unpaired) electrons. The summed E-state index contributed by atoms with van der Waals surface area (Å²) in [6, 6.07) is 0. The van der Waals surface area contributed by atoms with Gasteiger partial charge in [0.1, 0.15) is 0 Å². The summed E-state index contributed by atoms with van der Waals surface area (Å²) in [6.45, 7) is 0. The molecule has 0 saturated carbocycles. The van der Waals surface area contributed by atoms with Crippen LogP contribution in [-0.4, -0.2) is 13.3 Å². The van der Waals surface area contributed by atoms with Gasteiger partial charge in [-0.05, 0) is 0 Å². The standard InChI is InChI=1S/C.H2O3S/c;1-4(2)3/h;(H2,1,2,3). The first-order valence-corrected chi connectivity index (χ1v) is 1.60. The summed E-state index contributed by atoms with van der Waals surface area (Å²) >= 11 is -2.61. The molecule has 0 rings (SSSR count). The molecule has 5 heavy (non-hydrogen) atoms. The van der Waals surface area contributed by atoms with Crippen LogP contribution in [0.1, 0.15) is 0 Å². The minimum absolute atomic E-state index is 0. The fourth-order valence-corrected chi connectivity index (χ4v) is 0. The van der Waals surface area contributed by atoms with Crippen molar-refractivity contribution in [2.24, 2.45) is 0 Å². The van der Waals surface area contributed by atoms with Crippen molar-refractivity contribution in [3.05, 3.63) is 7.43 Å². The monoisotopic (exact) mass is 94.0 g/mol. The lowest BCUT2D eigenvalue weighted by Crippen LogP contribution is -1.74. The highest BCUT2D eigenvalue weighted by Gasteiger charge is 1.62. The maximum absolute atomic E-state index is 8.67. The zero-order chi connectivity index (χ0) is 3.58. The van der Waals surface area contributed by atoms with Crippen molar-refractivity contribution in [3.8, 4) is 0 Å². The summed E-state index contributed by atoms with van der Waals surface area (Å²) in [7, 11) is 0. The third-order valence-corrected chi connectivity index (χ3v) is 0. The molecule has 2 N–H and O–H groups in total. The quantitative estimate of drug-likeness (QED) is 0.407. The average molecular weight is 94.1 g/mol. The van der Waals surface area contributed by atoms with Gasteiger partial charge in [-0.25, -0.2) is 0 Å². The van der Waals surface area contributed by atoms with Crippen LogP contribution in [0.15, 0.2) is 0 Å². The third kappa shape index (κ3) is 3560. The molecular weight excluding hydrogens is 92.1 g/mol. The minimum Gasteiger partial charge on any atom is -0.284 e. The first-order chi connectivity index (χ1) is 1.73. The van der Waals surface area contributed by atoms with E-state index >= 15 is 0 Å². The van der Waals surface area contributed by atoms with Gasteiger partial charge < -0.3 is 0 Å². The summed E-state index contributed by atoms with van der Waals surface area (Å²) in [5.41, 5.74) is 0. The molecule has 3 nitrogen and oxygen atoms in total. The number of hydrogen-bond donors (Lipinski definition) is 2. The van der Waals surface area contributed by atoms with Crippen molar-refractivity contribution >= 4 is 11.4 Å². The molecule has 0 aliphatic heterocycles. The smallest absolute Gasteiger partial charge is 0.284 e. The Kier molecular flexibility index (Phi) is 7.25. The summed E-state index contributed by atoms with van der Waals surface area (Å²) < 4.78 is 22.8. The first kappa shape index (κ1) is 8.91. The molecule has 0 saturated heterocycles. The number of hydrogen-bond acceptors (Lipinski definition) is 1. The maximum atomic E-state index is 8.67. The Morgan fingerprint density at radius 3 is 1.40 bits per heavy atom. The van der Waals surface area contributed by atoms with Crippen LogP contribution in [0.5, 0.6) is 0 Å². The van der Waals surface area contributed by atoms with Gasteiger partial charge in [0.05, 0.1) is 0 Å². The van der Waals surface area contributed by atoms with Crippen molar-refractivity contribution in [1.29, 1.82) is 0 Å². The van der Waals surface area contributed by atoms with Gasteiger partial charge in [0.15, 0.2) is 0 Å². The molecule has 0 spiro atoms. The second-order valence-electron chi connectivity index (χ2n) is 0.231. The molecule has 0 aromatic rings. The molecule has 0 bridgehead atoms. The molecule has 0 fully saturated rings. The van der Waals surface area contributed by atoms with Gasteiger partial charge in [0.25, 0.3) is 11.4 Å². The van der Waals surface area contributed by atoms with E-state index in [1.807, 2.05) is 0 Å². The van der Waals surface area contributed by atoms with Crippen LogP contribution in [0.25, 0.3) is 0 Å². The van der Waals surface area contributed by atoms with Crippen molar-refractivity contribution in [1.82, 2.24) is 0 Å². The topological polar surface area (TPSA) is 57.5 Å². The van der Waals surface area contributed by atoms with E-state index in [0.29, 0.717) is 0 Å². The molecule has 0 aromatic carbocycles. The lowest BCUT2D eigenvalue weighted by Gasteiger charge is -1.59. The molecule has 30 valence electrons. The molecule has 0 aliphatic rings. The maximum Gasteiger partial charge on any atom is 0.299 e. The highest BCUT2D eigenvalue weighted by Crippen LogP contribution is 1.44. The van der Waals surface area contributed by atoms with Crippen LogP contribution in [0.4, 0.5) is 0 Å². The van der Waals surface area contributed by atoms with E-state index in [1.165, 1.54) is 0 Å². The van der Waals surface area contributed by atoms with Crippen molar-refractivity contribution < 1.29 is 13.3 Å². The molecule has 0 heterocycles. The number of rotatable bonds is 0. The van der Waals surface area contributed by atoms with Crippen LogP contribution in [0, 0.1) is 7.43 Å². The summed E-state index contributed by atoms with van der Waals surface area (Å²) in [5, 5.41) is 0. The lowest BCUT2D eigenvalue weighted by atomic mass is 12.0. The van der Waals surface area contributed by atoms with Crippen LogP contribution >= 0.6 is 0 Å². The minimum atomic E-state index is -2.61. The van der Waals surface area contributed by atoms with Gasteiger partial charge in [-0.15, -0.1) is 0 Å². The Morgan fingerprint density at radius 2 is 1.40 bits per heavy atom. The van der Waals surface area contributed by atoms with Gasteiger partial charge in [0.2, 0.25) is 0 Å². The van der Waals surface area contributed by atoms with E-state index < -0.39 is 11.4 Å². The van der Waals surface area contributed by atoms with Crippen LogP contribution in [0.3, 0.4) is 0 Å². The van der Waals surface area contributed by atoms with Crippen LogP contribution in [0.2, 0.25) is 0 Å². The van der Waals surface area contributed by atoms with Crippen LogP contribution < -0.4 is 0 Å². The molecule has 0 amide bonds. The van der Waals surface area contributed by atoms with E-state index in [0.717, 1.165) is 0 Å². The Labute approximate surface area is 33.1 Å². The normalized spacial score (nSPS) is 7.00. The Morgan fingerprint density at radius 1 is 1.40 bits per heavy atom. The van der Waals surface area contributed by atoms with Crippen molar-refractivity contribution in [2.75, 3.05) is 0 Å². The highest BCUT2D eigenvalue weighted by molar-refractivity contribution is 7.73. The van der Waals surface area contributed by atoms with Gasteiger partial charge in [-0.1, -0.05) is 0 Å². The second kappa shape index (κ2) is 4.07. The van der Waals surface area contributed by atoms with Gasteiger partial charge in [-0.3, -0.25) is 9.11 Å². The average Bonchev–Trinajstić information content (AvgIpc) is 0.811. The molecule has 0 unspecified atom stereocenters. The molecular formula is CH2O3S. The van der Waals surface area contributed by atoms with E-state index in [9.17, 15) is 0 Å². The molecule has 0 atom stereocenters. The SMILES string of the molecule is O=S(O)O.[C]. The predicted octanol–water partition coefficient (Wildman–Crippen LogP) is -0.238. The van der Waals surface area contributed by atoms with Gasteiger partial charge in [-0.2, -0.15) is 4.21 Å². The summed E-state index contributed by atoms with van der Waals surface area (Å²) in [5.74, 6) is 0. The molecule has 4 heteroatoms. The first-order valence-electron chi connectivity index (χ1n) is 0.532. The zero-order valence-corrected chi connectivity index (χ0v) is 3.03. The van der Waals surface area contributed by atoms with Crippen molar-refractivity contribution in [3.63, 3.8) is 0 Å². The van der Waals surface area contributed by atoms with E-state index in [1.54, 1.807) is 0 Å². The van der Waals surface area contributed by atoms with Gasteiger partial charge >= 0.3 is 0 Å². The van der Waals surface area contributed by atoms with Crippen LogP contribution in [-0.2, 0) is 11.4 Å². The fourth-order valence-electron chi connectivity index (χ4n) is 0. The lowest BCUT2D eigenvalue weighted by molar-refractivity contribution is 0.454. The predicted molar refractivity (Wildman–Crippen MR) is 16.6 cm³/mol. The third-order valence-electron chi connectivity index (χ3n) is 0. The van der Waals surface area contributed by atoms with E-state index in [2.05, 4.69) is 0 Å². The van der Waals surface area contributed by atoms with Crippen molar-refractivity contribution in [2.45, 2.75) is 0 Å². The van der Waals surface area contributed by atoms with Gasteiger partial charge in [0, 0.05) is 7.43 Å². The molecule has 0 aliphatic carbocycles.